The number of carbonyl (C=O) groups is 1. The molecule has 0 aliphatic carbocycles. The van der Waals surface area contributed by atoms with E-state index < -0.39 is 10.8 Å². The predicted molar refractivity (Wildman–Crippen MR) is 100 cm³/mol. The second-order valence-corrected chi connectivity index (χ2v) is 5.77. The van der Waals surface area contributed by atoms with Crippen molar-refractivity contribution in [3.63, 3.8) is 0 Å². The number of nitrogens with one attached hydrogen (secondary N) is 3. The smallest absolute Gasteiger partial charge is 0.271 e. The van der Waals surface area contributed by atoms with Crippen LogP contribution in [-0.4, -0.2) is 21.0 Å². The molecule has 0 spiro atoms. The van der Waals surface area contributed by atoms with Crippen molar-refractivity contribution in [2.24, 2.45) is 0 Å². The molecule has 1 aromatic heterocycles. The van der Waals surface area contributed by atoms with Gasteiger partial charge in [-0.05, 0) is 24.3 Å². The van der Waals surface area contributed by atoms with Gasteiger partial charge in [0.25, 0.3) is 11.6 Å². The van der Waals surface area contributed by atoms with Crippen molar-refractivity contribution in [2.45, 2.75) is 0 Å². The van der Waals surface area contributed by atoms with Gasteiger partial charge in [0.15, 0.2) is 0 Å². The molecule has 0 fully saturated rings. The zero-order valence-electron chi connectivity index (χ0n) is 13.6. The van der Waals surface area contributed by atoms with Gasteiger partial charge in [0.2, 0.25) is 0 Å². The molecule has 27 heavy (non-hydrogen) atoms. The lowest BCUT2D eigenvalue weighted by molar-refractivity contribution is -0.384. The van der Waals surface area contributed by atoms with Crippen molar-refractivity contribution in [1.82, 2.24) is 10.2 Å². The van der Waals surface area contributed by atoms with E-state index in [-0.39, 0.29) is 22.0 Å². The number of hydrogen-bond donors (Lipinski definition) is 3. The number of H-pyrrole nitrogens is 1. The fourth-order valence-corrected chi connectivity index (χ4v) is 2.41. The summed E-state index contributed by atoms with van der Waals surface area (Å²) < 4.78 is 0. The van der Waals surface area contributed by atoms with Gasteiger partial charge in [-0.2, -0.15) is 10.4 Å². The number of nitrogens with zero attached hydrogens (tertiary/aromatic N) is 3. The molecule has 3 aromatic rings. The van der Waals surface area contributed by atoms with Gasteiger partial charge >= 0.3 is 0 Å². The van der Waals surface area contributed by atoms with E-state index >= 15 is 0 Å². The predicted octanol–water partition coefficient (Wildman–Crippen LogP) is 3.58. The number of anilines is 2. The second-order valence-electron chi connectivity index (χ2n) is 5.36. The van der Waals surface area contributed by atoms with Gasteiger partial charge in [-0.15, -0.1) is 0 Å². The highest BCUT2D eigenvalue weighted by Gasteiger charge is 2.15. The fourth-order valence-electron chi connectivity index (χ4n) is 2.24. The van der Waals surface area contributed by atoms with Crippen molar-refractivity contribution in [3.05, 3.63) is 69.5 Å². The maximum atomic E-state index is 12.3. The Morgan fingerprint density at radius 2 is 2.15 bits per heavy atom. The minimum atomic E-state index is -0.755. The third kappa shape index (κ3) is 4.02. The second kappa shape index (κ2) is 7.55. The highest BCUT2D eigenvalue weighted by atomic mass is 35.5. The van der Waals surface area contributed by atoms with Crippen LogP contribution in [0.1, 0.15) is 0 Å². The maximum Gasteiger partial charge on any atom is 0.271 e. The van der Waals surface area contributed by atoms with Crippen LogP contribution >= 0.6 is 11.6 Å². The van der Waals surface area contributed by atoms with Crippen LogP contribution in [0.25, 0.3) is 10.9 Å². The average molecular weight is 383 g/mol. The minimum Gasteiger partial charge on any atom is -0.360 e. The summed E-state index contributed by atoms with van der Waals surface area (Å²) in [5.41, 5.74) is 1.00. The number of non-ortho nitro benzene ring substituents is 1. The van der Waals surface area contributed by atoms with Crippen molar-refractivity contribution < 1.29 is 9.72 Å². The van der Waals surface area contributed by atoms with Crippen LogP contribution < -0.4 is 10.6 Å². The van der Waals surface area contributed by atoms with Crippen LogP contribution in [-0.2, 0) is 4.79 Å². The van der Waals surface area contributed by atoms with Gasteiger partial charge in [0.1, 0.15) is 11.6 Å². The number of aromatic nitrogens is 2. The quantitative estimate of drug-likeness (QED) is 0.267. The zero-order chi connectivity index (χ0) is 19.4. The van der Waals surface area contributed by atoms with Gasteiger partial charge in [-0.3, -0.25) is 20.0 Å². The Hall–Kier alpha value is -3.90. The van der Waals surface area contributed by atoms with E-state index in [1.54, 1.807) is 24.4 Å². The number of benzene rings is 2. The number of nitro benzene ring substituents is 1. The largest absolute Gasteiger partial charge is 0.360 e. The SMILES string of the molecule is N#C/C(=C/Nc1ccc2cn[nH]c2c1)C(=O)Nc1cc([N+](=O)[O-])ccc1Cl. The Balaban J connectivity index is 1.77. The molecule has 0 unspecified atom stereocenters. The minimum absolute atomic E-state index is 0.0379. The molecule has 1 amide bonds. The van der Waals surface area contributed by atoms with Crippen LogP contribution in [0.2, 0.25) is 5.02 Å². The zero-order valence-corrected chi connectivity index (χ0v) is 14.3. The molecule has 0 aliphatic heterocycles. The number of nitro groups is 1. The maximum absolute atomic E-state index is 12.3. The first-order valence-electron chi connectivity index (χ1n) is 7.53. The fraction of sp³-hybridized carbons (Fsp3) is 0. The number of fused-ring (bicyclic) bond motifs is 1. The highest BCUT2D eigenvalue weighted by Crippen LogP contribution is 2.27. The lowest BCUT2D eigenvalue weighted by Crippen LogP contribution is -2.15. The molecule has 0 aliphatic rings. The number of amides is 1. The molecule has 10 heteroatoms. The van der Waals surface area contributed by atoms with Gasteiger partial charge in [-0.25, -0.2) is 0 Å². The van der Waals surface area contributed by atoms with Crippen molar-refractivity contribution in [1.29, 1.82) is 5.26 Å². The Kier molecular flexibility index (Phi) is 5.01. The normalized spacial score (nSPS) is 11.0. The standard InChI is InChI=1S/C17H11ClN6O3/c18-14-4-3-13(24(26)27)6-16(14)22-17(25)11(7-19)8-20-12-2-1-10-9-21-23-15(10)5-12/h1-6,8-9,20H,(H,21,23)(H,22,25)/b11-8-. The number of hydrogen-bond acceptors (Lipinski definition) is 6. The molecule has 0 saturated carbocycles. The molecule has 0 saturated heterocycles. The number of aromatic amines is 1. The summed E-state index contributed by atoms with van der Waals surface area (Å²) in [7, 11) is 0. The monoisotopic (exact) mass is 382 g/mol. The van der Waals surface area contributed by atoms with Crippen molar-refractivity contribution >= 4 is 45.5 Å². The van der Waals surface area contributed by atoms with E-state index in [1.807, 2.05) is 6.07 Å². The molecular weight excluding hydrogens is 372 g/mol. The number of nitriles is 1. The summed E-state index contributed by atoms with van der Waals surface area (Å²) in [5, 5.41) is 33.1. The van der Waals surface area contributed by atoms with Gasteiger partial charge in [-0.1, -0.05) is 11.6 Å². The van der Waals surface area contributed by atoms with E-state index in [9.17, 15) is 20.2 Å². The van der Waals surface area contributed by atoms with Gasteiger partial charge < -0.3 is 10.6 Å². The first kappa shape index (κ1) is 17.9. The molecule has 0 bridgehead atoms. The lowest BCUT2D eigenvalue weighted by Gasteiger charge is -2.07. The third-order valence-electron chi connectivity index (χ3n) is 3.60. The molecule has 134 valence electrons. The van der Waals surface area contributed by atoms with Crippen LogP contribution in [0.3, 0.4) is 0 Å². The van der Waals surface area contributed by atoms with Crippen molar-refractivity contribution in [3.8, 4) is 6.07 Å². The number of halogens is 1. The summed E-state index contributed by atoms with van der Waals surface area (Å²) in [6.07, 6.45) is 2.91. The summed E-state index contributed by atoms with van der Waals surface area (Å²) in [5.74, 6) is -0.755. The van der Waals surface area contributed by atoms with Crippen LogP contribution in [0.4, 0.5) is 17.1 Å². The van der Waals surface area contributed by atoms with Gasteiger partial charge in [0.05, 0.1) is 27.3 Å². The van der Waals surface area contributed by atoms with E-state index in [0.717, 1.165) is 17.0 Å². The molecule has 0 atom stereocenters. The Labute approximate surface area is 157 Å². The van der Waals surface area contributed by atoms with Crippen LogP contribution in [0, 0.1) is 21.4 Å². The molecule has 3 N–H and O–H groups in total. The Morgan fingerprint density at radius 3 is 2.89 bits per heavy atom. The molecule has 3 rings (SSSR count). The van der Waals surface area contributed by atoms with E-state index in [1.165, 1.54) is 18.3 Å². The van der Waals surface area contributed by atoms with E-state index in [4.69, 9.17) is 11.6 Å². The first-order valence-corrected chi connectivity index (χ1v) is 7.91. The molecule has 9 nitrogen and oxygen atoms in total. The molecule has 1 heterocycles. The molecule has 2 aromatic carbocycles. The molecule has 0 radical (unpaired) electrons. The summed E-state index contributed by atoms with van der Waals surface area (Å²) >= 11 is 5.95. The lowest BCUT2D eigenvalue weighted by atomic mass is 10.2. The van der Waals surface area contributed by atoms with Crippen LogP contribution in [0.5, 0.6) is 0 Å². The Morgan fingerprint density at radius 1 is 1.33 bits per heavy atom. The van der Waals surface area contributed by atoms with E-state index in [2.05, 4.69) is 20.8 Å². The summed E-state index contributed by atoms with van der Waals surface area (Å²) in [4.78, 5) is 22.5. The van der Waals surface area contributed by atoms with Gasteiger partial charge in [0, 0.05) is 29.4 Å². The van der Waals surface area contributed by atoms with Crippen LogP contribution in [0.15, 0.2) is 54.4 Å². The van der Waals surface area contributed by atoms with E-state index in [0.29, 0.717) is 5.69 Å². The highest BCUT2D eigenvalue weighted by molar-refractivity contribution is 6.34. The summed E-state index contributed by atoms with van der Waals surface area (Å²) in [6.45, 7) is 0. The Bertz CT molecular complexity index is 1120. The topological polar surface area (TPSA) is 137 Å². The number of rotatable bonds is 5. The third-order valence-corrected chi connectivity index (χ3v) is 3.93. The first-order chi connectivity index (χ1) is 13.0. The number of carbonyl (C=O) groups excluding carboxylic acids is 1. The summed E-state index contributed by atoms with van der Waals surface area (Å²) in [6, 6.07) is 10.8. The average Bonchev–Trinajstić information content (AvgIpc) is 3.11. The van der Waals surface area contributed by atoms with Crippen molar-refractivity contribution in [2.75, 3.05) is 10.6 Å². The molecular formula is C17H11ClN6O3.